The van der Waals surface area contributed by atoms with Gasteiger partial charge in [0.25, 0.3) is 0 Å². The second-order valence-corrected chi connectivity index (χ2v) is 34.4. The van der Waals surface area contributed by atoms with Gasteiger partial charge in [0, 0.05) is 103 Å². The Balaban J connectivity index is 0.000000145. The van der Waals surface area contributed by atoms with Gasteiger partial charge in [0.05, 0.1) is 41.4 Å². The van der Waals surface area contributed by atoms with Gasteiger partial charge >= 0.3 is 0 Å². The standard InChI is InChI=1S/2C29H36N2O.C16H21NO2.C12H14N2.C12H12N2.2ClH/c2*30-19-14-24-13-12-23(25-9-1-2-10-26(24)25)8-7-15-28(27-11-3-6-20-31-27)18-21-32-29(22-28)16-4-5-17-29;18-11-8-15(14-5-1-4-10-17-14)9-12-19-16(13-15)6-2-3-7-16;2*1-14-8-9-6-7-12(13)11-5-3-2-4-10(9)11;;/h2*1-3,6,9-11,20,23-24H,4-5,7-8,12-18,21-22H2;1,4-5,10-11H,2-3,6-9,12-13H2;2-5,9,12H,6-8,13H2;2-5,8,12H,6-7,13H2;2*1H/b;;;;9-8+;;/t2*23-,24?,28+;15-;9?,12-;12-;;/m00100../s1. The van der Waals surface area contributed by atoms with Gasteiger partial charge in [-0.2, -0.15) is 10.5 Å². The summed E-state index contributed by atoms with van der Waals surface area (Å²) in [6.45, 7) is 16.9. The van der Waals surface area contributed by atoms with Crippen molar-refractivity contribution in [3.8, 4) is 12.1 Å². The Labute approximate surface area is 687 Å². The summed E-state index contributed by atoms with van der Waals surface area (Å²) >= 11 is 0. The highest BCUT2D eigenvalue weighted by molar-refractivity contribution is 5.85. The molecular weight excluding hydrogens is 1440 g/mol. The van der Waals surface area contributed by atoms with Gasteiger partial charge in [0.15, 0.2) is 6.20 Å². The molecule has 15 heteroatoms. The molecule has 3 spiro atoms. The first kappa shape index (κ1) is 86.0. The van der Waals surface area contributed by atoms with Gasteiger partial charge in [-0.05, 0) is 264 Å². The zero-order valence-electron chi connectivity index (χ0n) is 66.7. The minimum absolute atomic E-state index is 0. The van der Waals surface area contributed by atoms with Crippen molar-refractivity contribution in [1.29, 1.82) is 10.5 Å². The first-order valence-corrected chi connectivity index (χ1v) is 42.5. The lowest BCUT2D eigenvalue weighted by Crippen LogP contribution is -2.46. The van der Waals surface area contributed by atoms with Crippen molar-refractivity contribution >= 4 is 36.7 Å². The number of nitriles is 2. The normalized spacial score (nSPS) is 27.2. The molecular formula is C98H121Cl2N9O4. The number of rotatable bonds is 16. The van der Waals surface area contributed by atoms with Crippen LogP contribution >= 0.6 is 24.8 Å². The molecule has 10 atom stereocenters. The number of nitrogens with two attached hydrogens (primary N) is 2. The van der Waals surface area contributed by atoms with Crippen LogP contribution in [0.25, 0.3) is 15.3 Å². The maximum atomic E-state index is 11.2. The third-order valence-corrected chi connectivity index (χ3v) is 27.8. The number of hydrogen-bond acceptors (Lipinski definition) is 11. The van der Waals surface area contributed by atoms with Gasteiger partial charge < -0.3 is 35.3 Å². The van der Waals surface area contributed by atoms with Crippen molar-refractivity contribution in [3.05, 3.63) is 261 Å². The highest BCUT2D eigenvalue weighted by Crippen LogP contribution is 2.55. The first-order valence-electron chi connectivity index (χ1n) is 42.5. The van der Waals surface area contributed by atoms with E-state index in [0.717, 1.165) is 133 Å². The number of nitrogens with zero attached hydrogens (tertiary/aromatic N) is 7. The van der Waals surface area contributed by atoms with Gasteiger partial charge in [-0.3, -0.25) is 15.0 Å². The molecule has 7 aromatic rings. The van der Waals surface area contributed by atoms with Gasteiger partial charge in [-0.25, -0.2) is 11.4 Å². The smallest absolute Gasteiger partial charge is 0.221 e. The molecule has 17 rings (SSSR count). The number of pyridine rings is 3. The van der Waals surface area contributed by atoms with Crippen molar-refractivity contribution in [3.63, 3.8) is 0 Å². The van der Waals surface area contributed by atoms with E-state index in [4.69, 9.17) is 48.8 Å². The maximum absolute atomic E-state index is 11.2. The van der Waals surface area contributed by atoms with E-state index in [1.807, 2.05) is 73.2 Å². The summed E-state index contributed by atoms with van der Waals surface area (Å²) in [5, 5.41) is 18.5. The van der Waals surface area contributed by atoms with Gasteiger partial charge in [0.2, 0.25) is 6.54 Å². The molecule has 0 amide bonds. The number of hydrogen-bond donors (Lipinski definition) is 2. The van der Waals surface area contributed by atoms with E-state index >= 15 is 0 Å². The lowest BCUT2D eigenvalue weighted by molar-refractivity contribution is -0.118. The molecule has 3 saturated heterocycles. The second kappa shape index (κ2) is 41.1. The van der Waals surface area contributed by atoms with Crippen LogP contribution in [0.15, 0.2) is 176 Å². The fourth-order valence-electron chi connectivity index (χ4n) is 22.2. The molecule has 7 aliphatic carbocycles. The molecule has 10 aliphatic rings. The predicted octanol–water partition coefficient (Wildman–Crippen LogP) is 23.5. The summed E-state index contributed by atoms with van der Waals surface area (Å²) in [7, 11) is 0. The highest BCUT2D eigenvalue weighted by Gasteiger charge is 2.52. The molecule has 13 nitrogen and oxygen atoms in total. The monoisotopic (exact) mass is 1560 g/mol. The number of fused-ring (bicyclic) bond motifs is 4. The number of halogens is 2. The third kappa shape index (κ3) is 20.7. The van der Waals surface area contributed by atoms with E-state index in [-0.39, 0.29) is 69.9 Å². The summed E-state index contributed by atoms with van der Waals surface area (Å²) in [5.41, 5.74) is 27.9. The molecule has 6 fully saturated rings. The number of carbonyl (C=O) groups excluding carboxylic acids is 1. The van der Waals surface area contributed by atoms with Crippen LogP contribution in [0.5, 0.6) is 0 Å². The molecule has 4 aromatic carbocycles. The van der Waals surface area contributed by atoms with Gasteiger partial charge in [0.1, 0.15) is 6.29 Å². The Kier molecular flexibility index (Phi) is 31.2. The highest BCUT2D eigenvalue weighted by atomic mass is 35.5. The van der Waals surface area contributed by atoms with Crippen molar-refractivity contribution < 1.29 is 19.0 Å². The van der Waals surface area contributed by atoms with E-state index in [1.54, 1.807) is 6.20 Å². The number of aromatic nitrogens is 3. The van der Waals surface area contributed by atoms with Crippen LogP contribution in [-0.4, -0.2) is 64.4 Å². The fourth-order valence-corrected chi connectivity index (χ4v) is 22.2. The Morgan fingerprint density at radius 3 is 1.22 bits per heavy atom. The van der Waals surface area contributed by atoms with Crippen molar-refractivity contribution in [2.45, 2.75) is 299 Å². The molecule has 3 aliphatic heterocycles. The predicted molar refractivity (Wildman–Crippen MR) is 457 cm³/mol. The van der Waals surface area contributed by atoms with Crippen molar-refractivity contribution in [2.75, 3.05) is 26.4 Å². The van der Waals surface area contributed by atoms with Crippen LogP contribution in [0.1, 0.15) is 328 Å². The van der Waals surface area contributed by atoms with Crippen LogP contribution < -0.4 is 11.5 Å². The average Bonchev–Trinajstić information content (AvgIpc) is 1.74. The van der Waals surface area contributed by atoms with Gasteiger partial charge in [-0.1, -0.05) is 167 Å². The molecule has 6 heterocycles. The van der Waals surface area contributed by atoms with Crippen molar-refractivity contribution in [2.24, 2.45) is 11.5 Å². The lowest BCUT2D eigenvalue weighted by Gasteiger charge is -2.46. The fraction of sp³-hybridized carbons (Fsp3) is 0.531. The largest absolute Gasteiger partial charge is 0.375 e. The second-order valence-electron chi connectivity index (χ2n) is 34.4. The SMILES string of the molecule is Cl.Cl.N#CCC1CC[C@H](CCC[C@@]2(c3ccccn3)CCOC3(CCCC3)C2)c2ccccc21.N#CCC1CC[C@H](CCC[C@@]2(c3ccccn3)CCOC3(CCCC3)C2)c2ccccc21.O=CC[C@@]1(c2ccccn2)CCOC2(CCCC2)C1.[C-]#[N+]/C=C1\CC[C@H](N)c2ccccc21.[C-]#[N+]CC1CC[C@H](N)c2ccccc21. The number of ether oxygens (including phenoxy) is 3. The molecule has 0 radical (unpaired) electrons. The zero-order chi connectivity index (χ0) is 76.8. The van der Waals surface area contributed by atoms with Crippen LogP contribution in [0.2, 0.25) is 0 Å². The van der Waals surface area contributed by atoms with Crippen LogP contribution in [0.3, 0.4) is 0 Å². The minimum Gasteiger partial charge on any atom is -0.375 e. The maximum Gasteiger partial charge on any atom is 0.221 e. The molecule has 3 aromatic heterocycles. The van der Waals surface area contributed by atoms with Crippen molar-refractivity contribution in [1.82, 2.24) is 15.0 Å². The third-order valence-electron chi connectivity index (χ3n) is 27.8. The van der Waals surface area contributed by atoms with E-state index in [2.05, 4.69) is 124 Å². The van der Waals surface area contributed by atoms with Crippen LogP contribution in [-0.2, 0) is 35.3 Å². The summed E-state index contributed by atoms with van der Waals surface area (Å²) < 4.78 is 19.0. The van der Waals surface area contributed by atoms with Gasteiger partial charge in [-0.15, -0.1) is 24.8 Å². The minimum atomic E-state index is -0.106. The Bertz CT molecular complexity index is 4210. The van der Waals surface area contributed by atoms with E-state index in [9.17, 15) is 15.3 Å². The molecule has 4 N–H and O–H groups in total. The van der Waals surface area contributed by atoms with E-state index in [1.165, 1.54) is 166 Å². The molecule has 113 heavy (non-hydrogen) atoms. The summed E-state index contributed by atoms with van der Waals surface area (Å²) in [5.74, 6) is 2.50. The molecule has 3 saturated carbocycles. The summed E-state index contributed by atoms with van der Waals surface area (Å²) in [6.07, 6.45) is 47.5. The molecule has 3 unspecified atom stereocenters. The van der Waals surface area contributed by atoms with Crippen LogP contribution in [0, 0.1) is 35.8 Å². The first-order chi connectivity index (χ1) is 54.4. The Morgan fingerprint density at radius 2 is 0.805 bits per heavy atom. The number of aldehydes is 1. The number of benzene rings is 4. The van der Waals surface area contributed by atoms with Crippen LogP contribution in [0.4, 0.5) is 0 Å². The summed E-state index contributed by atoms with van der Waals surface area (Å²) in [4.78, 5) is 32.3. The van der Waals surface area contributed by atoms with E-state index < -0.39 is 0 Å². The quantitative estimate of drug-likeness (QED) is 0.0691. The summed E-state index contributed by atoms with van der Waals surface area (Å²) in [6, 6.07) is 58.2. The van der Waals surface area contributed by atoms with E-state index in [0.29, 0.717) is 55.4 Å². The topological polar surface area (TPSA) is 192 Å². The Morgan fingerprint density at radius 1 is 0.442 bits per heavy atom. The Hall–Kier alpha value is -7.92. The molecule has 0 bridgehead atoms. The average molecular weight is 1560 g/mol. The number of carbonyl (C=O) groups is 1. The number of allylic oxidation sites excluding steroid dienone is 1. The lowest BCUT2D eigenvalue weighted by atomic mass is 9.66. The zero-order valence-corrected chi connectivity index (χ0v) is 68.3. The molecule has 596 valence electrons.